The van der Waals surface area contributed by atoms with E-state index in [0.29, 0.717) is 12.1 Å². The predicted molar refractivity (Wildman–Crippen MR) is 101 cm³/mol. The second kappa shape index (κ2) is 7.23. The van der Waals surface area contributed by atoms with Crippen molar-refractivity contribution in [3.63, 3.8) is 0 Å². The van der Waals surface area contributed by atoms with E-state index in [2.05, 4.69) is 28.7 Å². The van der Waals surface area contributed by atoms with Gasteiger partial charge >= 0.3 is 0 Å². The van der Waals surface area contributed by atoms with Crippen LogP contribution in [0.3, 0.4) is 0 Å². The molecular formula is C19H21ClFN3O. The Morgan fingerprint density at radius 1 is 1.28 bits per heavy atom. The Balaban J connectivity index is 0.00000225. The number of carbonyl (C=O) groups excluding carboxylic acids is 1. The Kier molecular flexibility index (Phi) is 5.48. The van der Waals surface area contributed by atoms with E-state index in [9.17, 15) is 9.18 Å². The lowest BCUT2D eigenvalue weighted by Gasteiger charge is -2.11. The highest BCUT2D eigenvalue weighted by molar-refractivity contribution is 5.96. The highest BCUT2D eigenvalue weighted by atomic mass is 35.5. The first-order valence-corrected chi connectivity index (χ1v) is 7.84. The molecule has 3 rings (SSSR count). The molecule has 2 heterocycles. The maximum atomic E-state index is 13.4. The average Bonchev–Trinajstić information content (AvgIpc) is 2.78. The Labute approximate surface area is 152 Å². The van der Waals surface area contributed by atoms with Crippen molar-refractivity contribution in [2.24, 2.45) is 7.05 Å². The number of aromatic nitrogens is 2. The number of aryl methyl sites for hydroxylation is 2. The number of anilines is 1. The summed E-state index contributed by atoms with van der Waals surface area (Å²) in [4.78, 5) is 16.2. The van der Waals surface area contributed by atoms with Gasteiger partial charge in [0.15, 0.2) is 5.78 Å². The number of nitrogens with zero attached hydrogens (tertiary/aromatic N) is 2. The van der Waals surface area contributed by atoms with Gasteiger partial charge in [-0.05, 0) is 50.1 Å². The van der Waals surface area contributed by atoms with Gasteiger partial charge < -0.3 is 9.88 Å². The van der Waals surface area contributed by atoms with E-state index in [-0.39, 0.29) is 18.2 Å². The monoisotopic (exact) mass is 361 g/mol. The molecule has 0 atom stereocenters. The molecule has 4 nitrogen and oxygen atoms in total. The number of pyridine rings is 1. The van der Waals surface area contributed by atoms with Crippen LogP contribution in [-0.4, -0.2) is 15.3 Å². The molecular weight excluding hydrogens is 341 g/mol. The number of rotatable bonds is 4. The predicted octanol–water partition coefficient (Wildman–Crippen LogP) is 4.57. The van der Waals surface area contributed by atoms with Crippen molar-refractivity contribution >= 4 is 34.9 Å². The Morgan fingerprint density at radius 2 is 2.00 bits per heavy atom. The maximum Gasteiger partial charge on any atom is 0.160 e. The minimum absolute atomic E-state index is 0. The minimum atomic E-state index is -0.404. The SMILES string of the molecule is CC(=O)c1cc(F)ccc1CNc1nccc2c1c(C)c(C)n2C.Cl. The lowest BCUT2D eigenvalue weighted by atomic mass is 10.0. The first-order valence-electron chi connectivity index (χ1n) is 7.84. The molecule has 0 amide bonds. The largest absolute Gasteiger partial charge is 0.365 e. The van der Waals surface area contributed by atoms with Gasteiger partial charge in [0.25, 0.3) is 0 Å². The maximum absolute atomic E-state index is 13.4. The molecule has 6 heteroatoms. The van der Waals surface area contributed by atoms with Gasteiger partial charge in [0, 0.05) is 36.4 Å². The van der Waals surface area contributed by atoms with Crippen molar-refractivity contribution < 1.29 is 9.18 Å². The van der Waals surface area contributed by atoms with E-state index >= 15 is 0 Å². The molecule has 3 aromatic rings. The van der Waals surface area contributed by atoms with Gasteiger partial charge in [0.05, 0.1) is 5.52 Å². The number of hydrogen-bond donors (Lipinski definition) is 1. The third-order valence-corrected chi connectivity index (χ3v) is 4.61. The summed E-state index contributed by atoms with van der Waals surface area (Å²) in [5.74, 6) is 0.218. The molecule has 0 unspecified atom stereocenters. The molecule has 0 bridgehead atoms. The zero-order valence-corrected chi connectivity index (χ0v) is 15.5. The number of carbonyl (C=O) groups is 1. The van der Waals surface area contributed by atoms with Crippen LogP contribution in [0, 0.1) is 19.7 Å². The fraction of sp³-hybridized carbons (Fsp3) is 0.263. The number of halogens is 2. The minimum Gasteiger partial charge on any atom is -0.365 e. The highest BCUT2D eigenvalue weighted by Crippen LogP contribution is 2.29. The number of benzene rings is 1. The second-order valence-corrected chi connectivity index (χ2v) is 6.03. The van der Waals surface area contributed by atoms with Crippen molar-refractivity contribution in [3.8, 4) is 0 Å². The summed E-state index contributed by atoms with van der Waals surface area (Å²) in [5.41, 5.74) is 4.62. The van der Waals surface area contributed by atoms with Gasteiger partial charge in [-0.25, -0.2) is 9.37 Å². The zero-order valence-electron chi connectivity index (χ0n) is 14.7. The topological polar surface area (TPSA) is 46.9 Å². The third kappa shape index (κ3) is 3.37. The smallest absolute Gasteiger partial charge is 0.160 e. The van der Waals surface area contributed by atoms with E-state index in [1.54, 1.807) is 12.3 Å². The average molecular weight is 362 g/mol. The van der Waals surface area contributed by atoms with E-state index in [0.717, 1.165) is 22.3 Å². The van der Waals surface area contributed by atoms with Gasteiger partial charge in [0.2, 0.25) is 0 Å². The summed E-state index contributed by atoms with van der Waals surface area (Å²) in [7, 11) is 2.03. The normalized spacial score (nSPS) is 10.6. The van der Waals surface area contributed by atoms with E-state index in [1.165, 1.54) is 30.3 Å². The molecule has 1 aromatic carbocycles. The fourth-order valence-electron chi connectivity index (χ4n) is 3.06. The molecule has 0 saturated heterocycles. The number of Topliss-reactive ketones (excluding diaryl/α,β-unsaturated/α-hetero) is 1. The van der Waals surface area contributed by atoms with Crippen LogP contribution >= 0.6 is 12.4 Å². The number of fused-ring (bicyclic) bond motifs is 1. The molecule has 0 fully saturated rings. The molecule has 0 spiro atoms. The quantitative estimate of drug-likeness (QED) is 0.692. The van der Waals surface area contributed by atoms with Crippen LogP contribution in [-0.2, 0) is 13.6 Å². The van der Waals surface area contributed by atoms with E-state index in [4.69, 9.17) is 0 Å². The van der Waals surface area contributed by atoms with Crippen LogP contribution in [0.4, 0.5) is 10.2 Å². The Bertz CT molecular complexity index is 949. The first-order chi connectivity index (χ1) is 11.4. The van der Waals surface area contributed by atoms with Gasteiger partial charge in [-0.15, -0.1) is 12.4 Å². The summed E-state index contributed by atoms with van der Waals surface area (Å²) in [6.07, 6.45) is 1.76. The van der Waals surface area contributed by atoms with Crippen LogP contribution < -0.4 is 5.32 Å². The lowest BCUT2D eigenvalue weighted by Crippen LogP contribution is -2.07. The van der Waals surface area contributed by atoms with Crippen molar-refractivity contribution in [2.45, 2.75) is 27.3 Å². The zero-order chi connectivity index (χ0) is 17.4. The molecule has 0 radical (unpaired) electrons. The van der Waals surface area contributed by atoms with E-state index < -0.39 is 5.82 Å². The van der Waals surface area contributed by atoms with E-state index in [1.807, 2.05) is 13.1 Å². The van der Waals surface area contributed by atoms with Crippen molar-refractivity contribution in [2.75, 3.05) is 5.32 Å². The molecule has 25 heavy (non-hydrogen) atoms. The van der Waals surface area contributed by atoms with Crippen LogP contribution in [0.1, 0.15) is 34.1 Å². The van der Waals surface area contributed by atoms with Crippen LogP contribution in [0.2, 0.25) is 0 Å². The summed E-state index contributed by atoms with van der Waals surface area (Å²) in [6, 6.07) is 6.28. The fourth-order valence-corrected chi connectivity index (χ4v) is 3.06. The summed E-state index contributed by atoms with van der Waals surface area (Å²) < 4.78 is 15.5. The molecule has 2 aromatic heterocycles. The number of hydrogen-bond acceptors (Lipinski definition) is 3. The molecule has 0 aliphatic carbocycles. The molecule has 0 saturated carbocycles. The third-order valence-electron chi connectivity index (χ3n) is 4.61. The standard InChI is InChI=1S/C19H20FN3O.ClH/c1-11-12(2)23(4)17-7-8-21-19(18(11)17)22-10-14-5-6-15(20)9-16(14)13(3)24;/h5-9H,10H2,1-4H3,(H,21,22);1H. The van der Waals surface area contributed by atoms with Crippen molar-refractivity contribution in [1.29, 1.82) is 0 Å². The van der Waals surface area contributed by atoms with Crippen LogP contribution in [0.15, 0.2) is 30.5 Å². The highest BCUT2D eigenvalue weighted by Gasteiger charge is 2.14. The molecule has 132 valence electrons. The molecule has 1 N–H and O–H groups in total. The van der Waals surface area contributed by atoms with Crippen LogP contribution in [0.5, 0.6) is 0 Å². The van der Waals surface area contributed by atoms with Crippen LogP contribution in [0.25, 0.3) is 10.9 Å². The van der Waals surface area contributed by atoms with Gasteiger partial charge in [-0.2, -0.15) is 0 Å². The number of ketones is 1. The second-order valence-electron chi connectivity index (χ2n) is 6.03. The molecule has 0 aliphatic heterocycles. The van der Waals surface area contributed by atoms with Gasteiger partial charge in [-0.1, -0.05) is 6.07 Å². The Hall–Kier alpha value is -2.40. The van der Waals surface area contributed by atoms with Gasteiger partial charge in [-0.3, -0.25) is 4.79 Å². The summed E-state index contributed by atoms with van der Waals surface area (Å²) in [5, 5.41) is 4.37. The number of nitrogens with one attached hydrogen (secondary N) is 1. The summed E-state index contributed by atoms with van der Waals surface area (Å²) in [6.45, 7) is 6.01. The lowest BCUT2D eigenvalue weighted by molar-refractivity contribution is 0.101. The van der Waals surface area contributed by atoms with Crippen molar-refractivity contribution in [3.05, 3.63) is 58.7 Å². The van der Waals surface area contributed by atoms with Crippen molar-refractivity contribution in [1.82, 2.24) is 9.55 Å². The first kappa shape index (κ1) is 18.9. The summed E-state index contributed by atoms with van der Waals surface area (Å²) >= 11 is 0. The Morgan fingerprint density at radius 3 is 2.68 bits per heavy atom. The van der Waals surface area contributed by atoms with Gasteiger partial charge in [0.1, 0.15) is 11.6 Å². The molecule has 0 aliphatic rings.